The van der Waals surface area contributed by atoms with Gasteiger partial charge in [0.2, 0.25) is 0 Å². The Bertz CT molecular complexity index is 725. The molecular weight excluding hydrogens is 304 g/mol. The van der Waals surface area contributed by atoms with Crippen molar-refractivity contribution < 1.29 is 14.3 Å². The monoisotopic (exact) mass is 328 g/mol. The number of piperidine rings is 1. The number of para-hydroxylation sites is 1. The van der Waals surface area contributed by atoms with Gasteiger partial charge < -0.3 is 19.4 Å². The minimum Gasteiger partial charge on any atom is -0.376 e. The van der Waals surface area contributed by atoms with E-state index < -0.39 is 6.10 Å². The number of carbonyl (C=O) groups excluding carboxylic acids is 1. The number of aromatic nitrogens is 1. The predicted octanol–water partition coefficient (Wildman–Crippen LogP) is 2.60. The first-order valence-electron chi connectivity index (χ1n) is 8.79. The fourth-order valence-electron chi connectivity index (χ4n) is 4.05. The van der Waals surface area contributed by atoms with Crippen LogP contribution in [-0.2, 0) is 14.3 Å². The zero-order valence-electron chi connectivity index (χ0n) is 14.1. The van der Waals surface area contributed by atoms with E-state index in [1.807, 2.05) is 4.90 Å². The van der Waals surface area contributed by atoms with Crippen molar-refractivity contribution in [1.29, 1.82) is 0 Å². The summed E-state index contributed by atoms with van der Waals surface area (Å²) in [7, 11) is 0. The van der Waals surface area contributed by atoms with Gasteiger partial charge in [-0.3, -0.25) is 4.79 Å². The Morgan fingerprint density at radius 1 is 1.21 bits per heavy atom. The minimum atomic E-state index is -0.412. The minimum absolute atomic E-state index is 0.0869. The summed E-state index contributed by atoms with van der Waals surface area (Å²) in [4.78, 5) is 18.0. The van der Waals surface area contributed by atoms with E-state index in [-0.39, 0.29) is 5.91 Å². The van der Waals surface area contributed by atoms with Crippen molar-refractivity contribution in [3.05, 3.63) is 35.5 Å². The van der Waals surface area contributed by atoms with Crippen LogP contribution in [0.1, 0.15) is 30.0 Å². The fraction of sp³-hybridized carbons (Fsp3) is 0.526. The van der Waals surface area contributed by atoms with E-state index in [2.05, 4.69) is 36.2 Å². The van der Waals surface area contributed by atoms with Crippen LogP contribution in [0.4, 0.5) is 0 Å². The molecule has 0 saturated carbocycles. The third kappa shape index (κ3) is 2.82. The van der Waals surface area contributed by atoms with Gasteiger partial charge in [-0.15, -0.1) is 0 Å². The Morgan fingerprint density at radius 3 is 2.75 bits per heavy atom. The van der Waals surface area contributed by atoms with E-state index in [0.717, 1.165) is 25.9 Å². The van der Waals surface area contributed by atoms with E-state index in [1.165, 1.54) is 22.2 Å². The molecule has 2 aliphatic rings. The molecule has 1 aromatic carbocycles. The lowest BCUT2D eigenvalue weighted by Gasteiger charge is -2.35. The first-order chi connectivity index (χ1) is 11.7. The maximum absolute atomic E-state index is 12.5. The van der Waals surface area contributed by atoms with Gasteiger partial charge in [-0.05, 0) is 37.3 Å². The number of hydrogen-bond donors (Lipinski definition) is 1. The molecule has 3 heterocycles. The summed E-state index contributed by atoms with van der Waals surface area (Å²) in [5.41, 5.74) is 3.89. The number of likely N-dealkylation sites (tertiary alicyclic amines) is 1. The lowest BCUT2D eigenvalue weighted by Crippen LogP contribution is -2.47. The number of nitrogens with zero attached hydrogens (tertiary/aromatic N) is 1. The molecule has 1 atom stereocenters. The molecule has 1 N–H and O–H groups in total. The van der Waals surface area contributed by atoms with Gasteiger partial charge in [0.1, 0.15) is 0 Å². The largest absolute Gasteiger partial charge is 0.376 e. The number of ether oxygens (including phenoxy) is 2. The van der Waals surface area contributed by atoms with Gasteiger partial charge >= 0.3 is 0 Å². The number of amides is 1. The summed E-state index contributed by atoms with van der Waals surface area (Å²) in [5, 5.41) is 1.32. The highest BCUT2D eigenvalue weighted by molar-refractivity contribution is 5.85. The summed E-state index contributed by atoms with van der Waals surface area (Å²) in [5.74, 6) is 0.595. The smallest absolute Gasteiger partial charge is 0.254 e. The Labute approximate surface area is 141 Å². The molecule has 0 aliphatic carbocycles. The molecule has 5 nitrogen and oxygen atoms in total. The molecule has 0 spiro atoms. The fourth-order valence-corrected chi connectivity index (χ4v) is 4.05. The summed E-state index contributed by atoms with van der Waals surface area (Å²) < 4.78 is 10.9. The number of aromatic amines is 1. The normalized spacial score (nSPS) is 22.9. The van der Waals surface area contributed by atoms with Crippen LogP contribution in [0.2, 0.25) is 0 Å². The molecular formula is C19H24N2O3. The van der Waals surface area contributed by atoms with Crippen LogP contribution in [0.5, 0.6) is 0 Å². The third-order valence-corrected chi connectivity index (χ3v) is 5.25. The maximum Gasteiger partial charge on any atom is 0.254 e. The Hall–Kier alpha value is -1.85. The van der Waals surface area contributed by atoms with Crippen LogP contribution in [0.3, 0.4) is 0 Å². The molecule has 5 heteroatoms. The molecule has 2 aliphatic heterocycles. The summed E-state index contributed by atoms with van der Waals surface area (Å²) >= 11 is 0. The van der Waals surface area contributed by atoms with Crippen molar-refractivity contribution in [2.75, 3.05) is 32.9 Å². The predicted molar refractivity (Wildman–Crippen MR) is 92.1 cm³/mol. The molecule has 0 bridgehead atoms. The average molecular weight is 328 g/mol. The highest BCUT2D eigenvalue weighted by Crippen LogP contribution is 2.35. The van der Waals surface area contributed by atoms with Gasteiger partial charge in [-0.1, -0.05) is 18.2 Å². The first kappa shape index (κ1) is 15.7. The zero-order valence-corrected chi connectivity index (χ0v) is 14.1. The second-order valence-electron chi connectivity index (χ2n) is 6.74. The van der Waals surface area contributed by atoms with Crippen molar-refractivity contribution in [3.63, 3.8) is 0 Å². The van der Waals surface area contributed by atoms with Crippen molar-refractivity contribution >= 4 is 16.8 Å². The van der Waals surface area contributed by atoms with Crippen LogP contribution in [0.15, 0.2) is 24.3 Å². The number of H-pyrrole nitrogens is 1. The molecule has 1 unspecified atom stereocenters. The number of rotatable bonds is 2. The summed E-state index contributed by atoms with van der Waals surface area (Å²) in [6.07, 6.45) is 1.59. The number of benzene rings is 1. The third-order valence-electron chi connectivity index (χ3n) is 5.25. The van der Waals surface area contributed by atoms with Crippen LogP contribution in [-0.4, -0.2) is 54.8 Å². The maximum atomic E-state index is 12.5. The second-order valence-corrected chi connectivity index (χ2v) is 6.74. The van der Waals surface area contributed by atoms with Crippen LogP contribution in [0, 0.1) is 6.92 Å². The molecule has 24 heavy (non-hydrogen) atoms. The van der Waals surface area contributed by atoms with Gasteiger partial charge in [-0.25, -0.2) is 0 Å². The van der Waals surface area contributed by atoms with Crippen LogP contribution < -0.4 is 0 Å². The number of carbonyl (C=O) groups is 1. The van der Waals surface area contributed by atoms with Gasteiger partial charge in [0.25, 0.3) is 5.91 Å². The van der Waals surface area contributed by atoms with E-state index >= 15 is 0 Å². The van der Waals surface area contributed by atoms with Gasteiger partial charge in [-0.2, -0.15) is 0 Å². The van der Waals surface area contributed by atoms with Crippen LogP contribution in [0.25, 0.3) is 10.9 Å². The van der Waals surface area contributed by atoms with E-state index in [9.17, 15) is 4.79 Å². The zero-order chi connectivity index (χ0) is 16.5. The summed E-state index contributed by atoms with van der Waals surface area (Å²) in [6.45, 7) is 5.23. The van der Waals surface area contributed by atoms with Gasteiger partial charge in [0.05, 0.1) is 19.8 Å². The van der Waals surface area contributed by atoms with Crippen molar-refractivity contribution in [3.8, 4) is 0 Å². The lowest BCUT2D eigenvalue weighted by atomic mass is 9.87. The number of aryl methyl sites for hydroxylation is 1. The Balaban J connectivity index is 1.45. The average Bonchev–Trinajstić information content (AvgIpc) is 2.98. The van der Waals surface area contributed by atoms with Crippen molar-refractivity contribution in [2.24, 2.45) is 0 Å². The van der Waals surface area contributed by atoms with Gasteiger partial charge in [0.15, 0.2) is 6.10 Å². The molecule has 2 aromatic rings. The molecule has 0 radical (unpaired) electrons. The van der Waals surface area contributed by atoms with Crippen molar-refractivity contribution in [2.45, 2.75) is 31.8 Å². The second kappa shape index (κ2) is 6.57. The Kier molecular flexibility index (Phi) is 4.29. The molecule has 1 amide bonds. The number of nitrogens with one attached hydrogen (secondary N) is 1. The standard InChI is InChI=1S/C19H24N2O3/c1-13-18(15-4-2-3-5-16(15)20-13)14-6-8-21(9-7-14)19(22)17-12-23-10-11-24-17/h2-5,14,17,20H,6-12H2,1H3. The Morgan fingerprint density at radius 2 is 2.00 bits per heavy atom. The topological polar surface area (TPSA) is 54.6 Å². The van der Waals surface area contributed by atoms with Crippen LogP contribution >= 0.6 is 0 Å². The summed E-state index contributed by atoms with van der Waals surface area (Å²) in [6, 6.07) is 8.48. The molecule has 2 fully saturated rings. The highest BCUT2D eigenvalue weighted by atomic mass is 16.6. The lowest BCUT2D eigenvalue weighted by molar-refractivity contribution is -0.158. The SMILES string of the molecule is Cc1[nH]c2ccccc2c1C1CCN(C(=O)C2COCCO2)CC1. The highest BCUT2D eigenvalue weighted by Gasteiger charge is 2.31. The molecule has 4 rings (SSSR count). The molecule has 1 aromatic heterocycles. The van der Waals surface area contributed by atoms with E-state index in [4.69, 9.17) is 9.47 Å². The first-order valence-corrected chi connectivity index (χ1v) is 8.79. The number of fused-ring (bicyclic) bond motifs is 1. The molecule has 2 saturated heterocycles. The van der Waals surface area contributed by atoms with Crippen molar-refractivity contribution in [1.82, 2.24) is 9.88 Å². The quantitative estimate of drug-likeness (QED) is 0.922. The number of hydrogen-bond acceptors (Lipinski definition) is 3. The van der Waals surface area contributed by atoms with E-state index in [0.29, 0.717) is 25.7 Å². The van der Waals surface area contributed by atoms with E-state index in [1.54, 1.807) is 0 Å². The van der Waals surface area contributed by atoms with Gasteiger partial charge in [0, 0.05) is 29.7 Å². The molecule has 128 valence electrons.